The molecule has 5 heteroatoms. The Bertz CT molecular complexity index is 298. The monoisotopic (exact) mass is 181 g/mol. The largest absolute Gasteiger partial charge is 0.481 e. The number of rotatable bonds is 3. The maximum absolute atomic E-state index is 10.5. The van der Waals surface area contributed by atoms with E-state index in [0.29, 0.717) is 5.56 Å². The van der Waals surface area contributed by atoms with E-state index in [-0.39, 0.29) is 6.42 Å². The second kappa shape index (κ2) is 3.49. The summed E-state index contributed by atoms with van der Waals surface area (Å²) in [5.41, 5.74) is 5.57. The van der Waals surface area contributed by atoms with Crippen molar-refractivity contribution in [2.45, 2.75) is 18.9 Å². The van der Waals surface area contributed by atoms with Crippen molar-refractivity contribution < 1.29 is 9.90 Å². The zero-order chi connectivity index (χ0) is 9.90. The Morgan fingerprint density at radius 3 is 2.85 bits per heavy atom. The average Bonchev–Trinajstić information content (AvgIpc) is 2.04. The fourth-order valence-corrected chi connectivity index (χ4v) is 1.04. The summed E-state index contributed by atoms with van der Waals surface area (Å²) in [6.07, 6.45) is 2.84. The molecule has 0 radical (unpaired) electrons. The fourth-order valence-electron chi connectivity index (χ4n) is 1.04. The van der Waals surface area contributed by atoms with Gasteiger partial charge in [0.1, 0.15) is 0 Å². The van der Waals surface area contributed by atoms with Gasteiger partial charge in [-0.25, -0.2) is 0 Å². The molecule has 1 aromatic rings. The minimum absolute atomic E-state index is 0.126. The highest BCUT2D eigenvalue weighted by molar-refractivity contribution is 5.68. The standard InChI is InChI=1S/C8H11N3O2/c1-8(9,4-7(12)13)6-2-3-10-11-5-6/h2-3,5H,4,9H2,1H3,(H,12,13)/t8-/m0/s1. The molecular weight excluding hydrogens is 170 g/mol. The minimum atomic E-state index is -0.929. The molecule has 1 rings (SSSR count). The Hall–Kier alpha value is -1.49. The minimum Gasteiger partial charge on any atom is -0.481 e. The van der Waals surface area contributed by atoms with Crippen LogP contribution < -0.4 is 5.73 Å². The van der Waals surface area contributed by atoms with E-state index in [0.717, 1.165) is 0 Å². The molecule has 0 aliphatic carbocycles. The highest BCUT2D eigenvalue weighted by Gasteiger charge is 2.24. The van der Waals surface area contributed by atoms with Crippen LogP contribution in [-0.2, 0) is 10.3 Å². The van der Waals surface area contributed by atoms with Crippen LogP contribution in [0.25, 0.3) is 0 Å². The van der Waals surface area contributed by atoms with Crippen LogP contribution >= 0.6 is 0 Å². The molecule has 0 unspecified atom stereocenters. The highest BCUT2D eigenvalue weighted by Crippen LogP contribution is 2.19. The molecule has 5 nitrogen and oxygen atoms in total. The summed E-state index contributed by atoms with van der Waals surface area (Å²) < 4.78 is 0. The highest BCUT2D eigenvalue weighted by atomic mass is 16.4. The van der Waals surface area contributed by atoms with Gasteiger partial charge < -0.3 is 10.8 Å². The summed E-state index contributed by atoms with van der Waals surface area (Å²) >= 11 is 0. The quantitative estimate of drug-likeness (QED) is 0.691. The number of aliphatic carboxylic acids is 1. The smallest absolute Gasteiger partial charge is 0.305 e. The third-order valence-corrected chi connectivity index (χ3v) is 1.76. The molecule has 3 N–H and O–H groups in total. The van der Waals surface area contributed by atoms with Crippen LogP contribution in [0.5, 0.6) is 0 Å². The summed E-state index contributed by atoms with van der Waals surface area (Å²) in [5.74, 6) is -0.929. The summed E-state index contributed by atoms with van der Waals surface area (Å²) in [5, 5.41) is 15.8. The predicted molar refractivity (Wildman–Crippen MR) is 45.8 cm³/mol. The zero-order valence-electron chi connectivity index (χ0n) is 7.27. The van der Waals surface area contributed by atoms with Crippen molar-refractivity contribution in [2.75, 3.05) is 0 Å². The van der Waals surface area contributed by atoms with Gasteiger partial charge in [0.25, 0.3) is 0 Å². The van der Waals surface area contributed by atoms with Crippen molar-refractivity contribution >= 4 is 5.97 Å². The van der Waals surface area contributed by atoms with Crippen LogP contribution in [0, 0.1) is 0 Å². The van der Waals surface area contributed by atoms with Crippen LogP contribution in [-0.4, -0.2) is 21.3 Å². The molecule has 0 spiro atoms. The SMILES string of the molecule is C[C@](N)(CC(=O)O)c1ccnnc1. The Balaban J connectivity index is 2.87. The zero-order valence-corrected chi connectivity index (χ0v) is 7.27. The van der Waals surface area contributed by atoms with Gasteiger partial charge in [-0.05, 0) is 18.6 Å². The van der Waals surface area contributed by atoms with Gasteiger partial charge in [-0.1, -0.05) is 0 Å². The molecule has 0 saturated carbocycles. The molecule has 0 bridgehead atoms. The molecule has 0 aliphatic rings. The lowest BCUT2D eigenvalue weighted by atomic mass is 9.92. The third-order valence-electron chi connectivity index (χ3n) is 1.76. The molecule has 0 fully saturated rings. The number of carboxylic acid groups (broad SMARTS) is 1. The Kier molecular flexibility index (Phi) is 2.57. The number of carbonyl (C=O) groups is 1. The summed E-state index contributed by atoms with van der Waals surface area (Å²) in [6.45, 7) is 1.65. The van der Waals surface area contributed by atoms with E-state index in [9.17, 15) is 4.79 Å². The van der Waals surface area contributed by atoms with Crippen LogP contribution in [0.2, 0.25) is 0 Å². The maximum atomic E-state index is 10.5. The van der Waals surface area contributed by atoms with E-state index in [2.05, 4.69) is 10.2 Å². The van der Waals surface area contributed by atoms with Gasteiger partial charge in [-0.15, -0.1) is 0 Å². The van der Waals surface area contributed by atoms with Gasteiger partial charge in [0, 0.05) is 6.20 Å². The van der Waals surface area contributed by atoms with Crippen molar-refractivity contribution in [3.63, 3.8) is 0 Å². The summed E-state index contributed by atoms with van der Waals surface area (Å²) in [4.78, 5) is 10.5. The molecule has 0 saturated heterocycles. The van der Waals surface area contributed by atoms with E-state index < -0.39 is 11.5 Å². The Morgan fingerprint density at radius 1 is 1.69 bits per heavy atom. The summed E-state index contributed by atoms with van der Waals surface area (Å²) in [6, 6.07) is 1.66. The van der Waals surface area contributed by atoms with Crippen molar-refractivity contribution in [1.29, 1.82) is 0 Å². The molecule has 13 heavy (non-hydrogen) atoms. The Morgan fingerprint density at radius 2 is 2.38 bits per heavy atom. The lowest BCUT2D eigenvalue weighted by molar-refractivity contribution is -0.138. The van der Waals surface area contributed by atoms with Crippen LogP contribution in [0.15, 0.2) is 18.5 Å². The predicted octanol–water partition coefficient (Wildman–Crippen LogP) is 0.125. The number of aromatic nitrogens is 2. The van der Waals surface area contributed by atoms with Gasteiger partial charge >= 0.3 is 5.97 Å². The van der Waals surface area contributed by atoms with E-state index in [1.54, 1.807) is 13.0 Å². The summed E-state index contributed by atoms with van der Waals surface area (Å²) in [7, 11) is 0. The van der Waals surface area contributed by atoms with Crippen LogP contribution in [0.1, 0.15) is 18.9 Å². The Labute approximate surface area is 75.6 Å². The van der Waals surface area contributed by atoms with Gasteiger partial charge in [0.2, 0.25) is 0 Å². The molecule has 1 aromatic heterocycles. The third kappa shape index (κ3) is 2.48. The molecule has 0 aromatic carbocycles. The maximum Gasteiger partial charge on any atom is 0.305 e. The van der Waals surface area contributed by atoms with Crippen LogP contribution in [0.3, 0.4) is 0 Å². The normalized spacial score (nSPS) is 14.9. The lowest BCUT2D eigenvalue weighted by Crippen LogP contribution is -2.35. The van der Waals surface area contributed by atoms with Gasteiger partial charge in [-0.2, -0.15) is 10.2 Å². The second-order valence-corrected chi connectivity index (χ2v) is 3.12. The number of hydrogen-bond acceptors (Lipinski definition) is 4. The first-order valence-corrected chi connectivity index (χ1v) is 3.80. The molecule has 0 aliphatic heterocycles. The number of nitrogens with zero attached hydrogens (tertiary/aromatic N) is 2. The van der Waals surface area contributed by atoms with E-state index in [4.69, 9.17) is 10.8 Å². The van der Waals surface area contributed by atoms with Crippen molar-refractivity contribution in [2.24, 2.45) is 5.73 Å². The lowest BCUT2D eigenvalue weighted by Gasteiger charge is -2.21. The van der Waals surface area contributed by atoms with E-state index >= 15 is 0 Å². The fraction of sp³-hybridized carbons (Fsp3) is 0.375. The van der Waals surface area contributed by atoms with E-state index in [1.807, 2.05) is 0 Å². The second-order valence-electron chi connectivity index (χ2n) is 3.12. The number of carboxylic acids is 1. The topological polar surface area (TPSA) is 89.1 Å². The van der Waals surface area contributed by atoms with E-state index in [1.165, 1.54) is 12.4 Å². The van der Waals surface area contributed by atoms with Crippen molar-refractivity contribution in [3.05, 3.63) is 24.0 Å². The average molecular weight is 181 g/mol. The first-order chi connectivity index (χ1) is 6.02. The molecular formula is C8H11N3O2. The number of hydrogen-bond donors (Lipinski definition) is 2. The molecule has 1 atom stereocenters. The molecule has 0 amide bonds. The molecule has 70 valence electrons. The molecule has 1 heterocycles. The number of nitrogens with two attached hydrogens (primary N) is 1. The van der Waals surface area contributed by atoms with Crippen molar-refractivity contribution in [3.8, 4) is 0 Å². The van der Waals surface area contributed by atoms with Gasteiger partial charge in [0.05, 0.1) is 18.2 Å². The van der Waals surface area contributed by atoms with Crippen molar-refractivity contribution in [1.82, 2.24) is 10.2 Å². The van der Waals surface area contributed by atoms with Gasteiger partial charge in [0.15, 0.2) is 0 Å². The van der Waals surface area contributed by atoms with Gasteiger partial charge in [-0.3, -0.25) is 4.79 Å². The first-order valence-electron chi connectivity index (χ1n) is 3.80. The first kappa shape index (κ1) is 9.60. The van der Waals surface area contributed by atoms with Crippen LogP contribution in [0.4, 0.5) is 0 Å².